The Balaban J connectivity index is 2.46. The van der Waals surface area contributed by atoms with Crippen LogP contribution in [0.4, 0.5) is 13.2 Å². The summed E-state index contributed by atoms with van der Waals surface area (Å²) in [5.41, 5.74) is -0.772. The Morgan fingerprint density at radius 3 is 2.67 bits per heavy atom. The van der Waals surface area contributed by atoms with E-state index in [0.717, 1.165) is 12.3 Å². The standard InChI is InChI=1S/C13H17F3N2O2S/c1-3-20-12(19)10(17-2)6-7-21-11-5-4-9(8-18-11)13(14,15)16/h4-5,8,10,17H,3,6-7H2,1-2H3. The summed E-state index contributed by atoms with van der Waals surface area (Å²) < 4.78 is 42.0. The molecule has 0 amide bonds. The summed E-state index contributed by atoms with van der Waals surface area (Å²) >= 11 is 1.29. The predicted molar refractivity (Wildman–Crippen MR) is 74.1 cm³/mol. The molecule has 1 aromatic rings. The molecule has 0 aromatic carbocycles. The minimum absolute atomic E-state index is 0.310. The van der Waals surface area contributed by atoms with Crippen molar-refractivity contribution in [3.8, 4) is 0 Å². The van der Waals surface area contributed by atoms with Crippen molar-refractivity contribution < 1.29 is 22.7 Å². The lowest BCUT2D eigenvalue weighted by Crippen LogP contribution is -2.36. The maximum atomic E-state index is 12.4. The SMILES string of the molecule is CCOC(=O)C(CCSc1ccc(C(F)(F)F)cn1)NC. The number of nitrogens with zero attached hydrogens (tertiary/aromatic N) is 1. The molecule has 1 unspecified atom stereocenters. The second kappa shape index (κ2) is 8.23. The van der Waals surface area contributed by atoms with Crippen LogP contribution in [-0.2, 0) is 15.7 Å². The molecule has 0 fully saturated rings. The van der Waals surface area contributed by atoms with Crippen LogP contribution in [0.15, 0.2) is 23.4 Å². The molecule has 0 aliphatic heterocycles. The van der Waals surface area contributed by atoms with E-state index in [1.54, 1.807) is 14.0 Å². The van der Waals surface area contributed by atoms with Gasteiger partial charge >= 0.3 is 12.1 Å². The second-order valence-electron chi connectivity index (χ2n) is 4.11. The van der Waals surface area contributed by atoms with Crippen molar-refractivity contribution in [1.82, 2.24) is 10.3 Å². The number of likely N-dealkylation sites (N-methyl/N-ethyl adjacent to an activating group) is 1. The summed E-state index contributed by atoms with van der Waals surface area (Å²) in [6.07, 6.45) is -3.07. The fourth-order valence-electron chi connectivity index (χ4n) is 1.54. The Hall–Kier alpha value is -1.28. The fourth-order valence-corrected chi connectivity index (χ4v) is 2.39. The summed E-state index contributed by atoms with van der Waals surface area (Å²) in [5, 5.41) is 3.33. The molecule has 0 bridgehead atoms. The van der Waals surface area contributed by atoms with E-state index in [4.69, 9.17) is 4.74 Å². The maximum Gasteiger partial charge on any atom is 0.417 e. The molecule has 1 rings (SSSR count). The van der Waals surface area contributed by atoms with Gasteiger partial charge in [0.25, 0.3) is 0 Å². The number of aromatic nitrogens is 1. The largest absolute Gasteiger partial charge is 0.465 e. The van der Waals surface area contributed by atoms with Gasteiger partial charge in [-0.15, -0.1) is 11.8 Å². The van der Waals surface area contributed by atoms with Crippen LogP contribution in [0.3, 0.4) is 0 Å². The van der Waals surface area contributed by atoms with E-state index in [2.05, 4.69) is 10.3 Å². The number of hydrogen-bond donors (Lipinski definition) is 1. The molecule has 4 nitrogen and oxygen atoms in total. The van der Waals surface area contributed by atoms with Crippen LogP contribution in [0.25, 0.3) is 0 Å². The Morgan fingerprint density at radius 1 is 1.48 bits per heavy atom. The smallest absolute Gasteiger partial charge is 0.417 e. The number of carbonyl (C=O) groups excluding carboxylic acids is 1. The molecule has 0 spiro atoms. The summed E-state index contributed by atoms with van der Waals surface area (Å²) in [5.74, 6) is 0.212. The fraction of sp³-hybridized carbons (Fsp3) is 0.538. The van der Waals surface area contributed by atoms with Gasteiger partial charge in [0.15, 0.2) is 0 Å². The van der Waals surface area contributed by atoms with Crippen LogP contribution in [0.2, 0.25) is 0 Å². The molecule has 21 heavy (non-hydrogen) atoms. The lowest BCUT2D eigenvalue weighted by Gasteiger charge is -2.14. The van der Waals surface area contributed by atoms with E-state index < -0.39 is 17.8 Å². The molecular weight excluding hydrogens is 305 g/mol. The number of pyridine rings is 1. The van der Waals surface area contributed by atoms with Gasteiger partial charge in [-0.05, 0) is 32.5 Å². The third-order valence-corrected chi connectivity index (χ3v) is 3.62. The van der Waals surface area contributed by atoms with Gasteiger partial charge in [-0.25, -0.2) is 4.98 Å². The van der Waals surface area contributed by atoms with Gasteiger partial charge in [0, 0.05) is 11.9 Å². The highest BCUT2D eigenvalue weighted by Crippen LogP contribution is 2.29. The van der Waals surface area contributed by atoms with Crippen molar-refractivity contribution in [3.63, 3.8) is 0 Å². The monoisotopic (exact) mass is 322 g/mol. The molecule has 0 saturated carbocycles. The number of alkyl halides is 3. The van der Waals surface area contributed by atoms with E-state index in [1.807, 2.05) is 0 Å². The number of nitrogens with one attached hydrogen (secondary N) is 1. The molecule has 0 aliphatic carbocycles. The Labute approximate surface area is 125 Å². The van der Waals surface area contributed by atoms with Crippen LogP contribution in [-0.4, -0.2) is 36.4 Å². The maximum absolute atomic E-state index is 12.4. The number of hydrogen-bond acceptors (Lipinski definition) is 5. The van der Waals surface area contributed by atoms with E-state index in [1.165, 1.54) is 17.8 Å². The van der Waals surface area contributed by atoms with Gasteiger partial charge in [0.1, 0.15) is 6.04 Å². The van der Waals surface area contributed by atoms with E-state index >= 15 is 0 Å². The molecule has 8 heteroatoms. The highest BCUT2D eigenvalue weighted by molar-refractivity contribution is 7.99. The molecule has 1 atom stereocenters. The van der Waals surface area contributed by atoms with Crippen molar-refractivity contribution in [2.24, 2.45) is 0 Å². The van der Waals surface area contributed by atoms with Crippen molar-refractivity contribution in [2.75, 3.05) is 19.4 Å². The van der Waals surface area contributed by atoms with Gasteiger partial charge in [-0.1, -0.05) is 0 Å². The number of rotatable bonds is 7. The summed E-state index contributed by atoms with van der Waals surface area (Å²) in [7, 11) is 1.66. The third-order valence-electron chi connectivity index (χ3n) is 2.64. The van der Waals surface area contributed by atoms with E-state index in [0.29, 0.717) is 23.8 Å². The number of thioether (sulfide) groups is 1. The zero-order valence-corrected chi connectivity index (χ0v) is 12.6. The van der Waals surface area contributed by atoms with Crippen LogP contribution >= 0.6 is 11.8 Å². The summed E-state index contributed by atoms with van der Waals surface area (Å²) in [6, 6.07) is 1.90. The highest BCUT2D eigenvalue weighted by Gasteiger charge is 2.30. The average molecular weight is 322 g/mol. The van der Waals surface area contributed by atoms with Crippen LogP contribution in [0.1, 0.15) is 18.9 Å². The Bertz CT molecular complexity index is 452. The van der Waals surface area contributed by atoms with Gasteiger partial charge in [-0.2, -0.15) is 13.2 Å². The lowest BCUT2D eigenvalue weighted by atomic mass is 10.2. The average Bonchev–Trinajstić information content (AvgIpc) is 2.43. The predicted octanol–water partition coefficient (Wildman–Crippen LogP) is 2.73. The first-order chi connectivity index (χ1) is 9.88. The molecular formula is C13H17F3N2O2S. The second-order valence-corrected chi connectivity index (χ2v) is 5.23. The number of halogens is 3. The van der Waals surface area contributed by atoms with Crippen molar-refractivity contribution in [2.45, 2.75) is 30.6 Å². The number of ether oxygens (including phenoxy) is 1. The Kier molecular flexibility index (Phi) is 6.97. The topological polar surface area (TPSA) is 51.2 Å². The quantitative estimate of drug-likeness (QED) is 0.618. The molecule has 118 valence electrons. The van der Waals surface area contributed by atoms with Crippen LogP contribution in [0.5, 0.6) is 0 Å². The van der Waals surface area contributed by atoms with Gasteiger partial charge < -0.3 is 10.1 Å². The first-order valence-electron chi connectivity index (χ1n) is 6.38. The first kappa shape index (κ1) is 17.8. The first-order valence-corrected chi connectivity index (χ1v) is 7.37. The lowest BCUT2D eigenvalue weighted by molar-refractivity contribution is -0.145. The number of carbonyl (C=O) groups is 1. The summed E-state index contributed by atoms with van der Waals surface area (Å²) in [4.78, 5) is 15.3. The molecule has 0 aliphatic rings. The van der Waals surface area contributed by atoms with Crippen molar-refractivity contribution >= 4 is 17.7 Å². The van der Waals surface area contributed by atoms with Gasteiger partial charge in [0.2, 0.25) is 0 Å². The minimum Gasteiger partial charge on any atom is -0.465 e. The minimum atomic E-state index is -4.38. The number of esters is 1. The van der Waals surface area contributed by atoms with Crippen LogP contribution < -0.4 is 5.32 Å². The molecule has 1 heterocycles. The van der Waals surface area contributed by atoms with E-state index in [-0.39, 0.29) is 5.97 Å². The normalized spacial score (nSPS) is 13.0. The molecule has 1 aromatic heterocycles. The summed E-state index contributed by atoms with van der Waals surface area (Å²) in [6.45, 7) is 2.04. The highest BCUT2D eigenvalue weighted by atomic mass is 32.2. The van der Waals surface area contributed by atoms with Crippen LogP contribution in [0, 0.1) is 0 Å². The van der Waals surface area contributed by atoms with Gasteiger partial charge in [0.05, 0.1) is 17.2 Å². The molecule has 1 N–H and O–H groups in total. The van der Waals surface area contributed by atoms with Crippen molar-refractivity contribution in [3.05, 3.63) is 23.9 Å². The zero-order valence-electron chi connectivity index (χ0n) is 11.7. The van der Waals surface area contributed by atoms with Crippen molar-refractivity contribution in [1.29, 1.82) is 0 Å². The molecule has 0 radical (unpaired) electrons. The third kappa shape index (κ3) is 5.92. The van der Waals surface area contributed by atoms with Gasteiger partial charge in [-0.3, -0.25) is 4.79 Å². The Morgan fingerprint density at radius 2 is 2.19 bits per heavy atom. The van der Waals surface area contributed by atoms with E-state index in [9.17, 15) is 18.0 Å². The zero-order chi connectivity index (χ0) is 15.9. The molecule has 0 saturated heterocycles.